The molecule has 0 aromatic heterocycles. The SMILES string of the molecule is Cc1ccc(S(=O)(=O)c2cc(Cl)ccc2C=Cc2ccccc2)cc1. The van der Waals surface area contributed by atoms with Crippen LogP contribution in [-0.2, 0) is 9.84 Å². The summed E-state index contributed by atoms with van der Waals surface area (Å²) in [4.78, 5) is 0.464. The molecule has 3 aromatic carbocycles. The molecular weight excluding hydrogens is 352 g/mol. The van der Waals surface area contributed by atoms with Crippen LogP contribution in [0.5, 0.6) is 0 Å². The molecule has 126 valence electrons. The summed E-state index contributed by atoms with van der Waals surface area (Å²) in [7, 11) is -3.65. The fourth-order valence-electron chi connectivity index (χ4n) is 2.47. The molecular formula is C21H17ClO2S. The van der Waals surface area contributed by atoms with E-state index in [-0.39, 0.29) is 9.79 Å². The zero-order valence-electron chi connectivity index (χ0n) is 13.7. The van der Waals surface area contributed by atoms with Crippen LogP contribution in [0.3, 0.4) is 0 Å². The van der Waals surface area contributed by atoms with Gasteiger partial charge in [0.15, 0.2) is 0 Å². The Morgan fingerprint density at radius 2 is 1.52 bits per heavy atom. The lowest BCUT2D eigenvalue weighted by atomic mass is 10.1. The van der Waals surface area contributed by atoms with Gasteiger partial charge in [-0.2, -0.15) is 0 Å². The molecule has 0 aliphatic heterocycles. The zero-order chi connectivity index (χ0) is 17.9. The van der Waals surface area contributed by atoms with Crippen molar-refractivity contribution in [3.63, 3.8) is 0 Å². The number of hydrogen-bond acceptors (Lipinski definition) is 2. The van der Waals surface area contributed by atoms with Gasteiger partial charge in [-0.15, -0.1) is 0 Å². The first-order valence-electron chi connectivity index (χ1n) is 7.81. The zero-order valence-corrected chi connectivity index (χ0v) is 15.3. The Kier molecular flexibility index (Phi) is 5.07. The van der Waals surface area contributed by atoms with E-state index in [0.29, 0.717) is 10.6 Å². The number of benzene rings is 3. The van der Waals surface area contributed by atoms with E-state index in [4.69, 9.17) is 11.6 Å². The van der Waals surface area contributed by atoms with Crippen molar-refractivity contribution in [2.45, 2.75) is 16.7 Å². The number of hydrogen-bond donors (Lipinski definition) is 0. The van der Waals surface area contributed by atoms with Gasteiger partial charge in [0, 0.05) is 5.02 Å². The van der Waals surface area contributed by atoms with Crippen molar-refractivity contribution in [2.24, 2.45) is 0 Å². The number of rotatable bonds is 4. The molecule has 0 fully saturated rings. The highest BCUT2D eigenvalue weighted by atomic mass is 35.5. The van der Waals surface area contributed by atoms with E-state index in [2.05, 4.69) is 0 Å². The van der Waals surface area contributed by atoms with E-state index in [0.717, 1.165) is 11.1 Å². The van der Waals surface area contributed by atoms with Crippen molar-refractivity contribution in [2.75, 3.05) is 0 Å². The second-order valence-electron chi connectivity index (χ2n) is 5.74. The van der Waals surface area contributed by atoms with Crippen molar-refractivity contribution < 1.29 is 8.42 Å². The highest BCUT2D eigenvalue weighted by Crippen LogP contribution is 2.28. The molecule has 0 atom stereocenters. The minimum absolute atomic E-state index is 0.205. The van der Waals surface area contributed by atoms with Gasteiger partial charge >= 0.3 is 0 Å². The van der Waals surface area contributed by atoms with Crippen LogP contribution in [0.4, 0.5) is 0 Å². The van der Waals surface area contributed by atoms with Crippen LogP contribution in [-0.4, -0.2) is 8.42 Å². The summed E-state index contributed by atoms with van der Waals surface area (Å²) >= 11 is 6.06. The molecule has 0 radical (unpaired) electrons. The molecule has 0 saturated carbocycles. The number of aryl methyl sites for hydroxylation is 1. The summed E-state index contributed by atoms with van der Waals surface area (Å²) in [6.07, 6.45) is 3.68. The Bertz CT molecular complexity index is 1010. The molecule has 0 unspecified atom stereocenters. The van der Waals surface area contributed by atoms with Crippen LogP contribution >= 0.6 is 11.6 Å². The van der Waals surface area contributed by atoms with Gasteiger partial charge < -0.3 is 0 Å². The Labute approximate surface area is 153 Å². The van der Waals surface area contributed by atoms with Crippen molar-refractivity contribution in [1.29, 1.82) is 0 Å². The van der Waals surface area contributed by atoms with Gasteiger partial charge in [-0.05, 0) is 42.3 Å². The molecule has 25 heavy (non-hydrogen) atoms. The van der Waals surface area contributed by atoms with E-state index in [1.807, 2.05) is 43.3 Å². The van der Waals surface area contributed by atoms with Crippen molar-refractivity contribution >= 4 is 33.6 Å². The van der Waals surface area contributed by atoms with Crippen LogP contribution in [0, 0.1) is 6.92 Å². The maximum atomic E-state index is 13.0. The summed E-state index contributed by atoms with van der Waals surface area (Å²) in [5.41, 5.74) is 2.61. The van der Waals surface area contributed by atoms with Crippen molar-refractivity contribution in [3.05, 3.63) is 94.5 Å². The first kappa shape index (κ1) is 17.5. The Balaban J connectivity index is 2.08. The fourth-order valence-corrected chi connectivity index (χ4v) is 4.19. The van der Waals surface area contributed by atoms with Crippen LogP contribution in [0.25, 0.3) is 12.2 Å². The Morgan fingerprint density at radius 3 is 2.20 bits per heavy atom. The van der Waals surface area contributed by atoms with Gasteiger partial charge in [0.05, 0.1) is 9.79 Å². The third-order valence-corrected chi connectivity index (χ3v) is 5.91. The van der Waals surface area contributed by atoms with Crippen LogP contribution < -0.4 is 0 Å². The maximum absolute atomic E-state index is 13.0. The predicted octanol–water partition coefficient (Wildman–Crippen LogP) is 5.65. The predicted molar refractivity (Wildman–Crippen MR) is 103 cm³/mol. The molecule has 0 spiro atoms. The van der Waals surface area contributed by atoms with Gasteiger partial charge in [-0.25, -0.2) is 8.42 Å². The largest absolute Gasteiger partial charge is 0.218 e. The van der Waals surface area contributed by atoms with Gasteiger partial charge in [0.25, 0.3) is 0 Å². The molecule has 2 nitrogen and oxygen atoms in total. The Morgan fingerprint density at radius 1 is 0.840 bits per heavy atom. The van der Waals surface area contributed by atoms with Crippen molar-refractivity contribution in [3.8, 4) is 0 Å². The average Bonchev–Trinajstić information content (AvgIpc) is 2.62. The fraction of sp³-hybridized carbons (Fsp3) is 0.0476. The minimum atomic E-state index is -3.65. The number of halogens is 1. The van der Waals surface area contributed by atoms with E-state index >= 15 is 0 Å². The quantitative estimate of drug-likeness (QED) is 0.557. The standard InChI is InChI=1S/C21H17ClO2S/c1-16-7-13-20(14-8-16)25(23,24)21-15-19(22)12-11-18(21)10-9-17-5-3-2-4-6-17/h2-15H,1H3. The summed E-state index contributed by atoms with van der Waals surface area (Å²) in [5, 5.41) is 0.391. The second-order valence-corrected chi connectivity index (χ2v) is 8.10. The molecule has 4 heteroatoms. The molecule has 3 rings (SSSR count). The molecule has 0 heterocycles. The molecule has 0 amide bonds. The van der Waals surface area contributed by atoms with Crippen LogP contribution in [0.15, 0.2) is 82.6 Å². The molecule has 0 aliphatic rings. The minimum Gasteiger partial charge on any atom is -0.218 e. The normalized spacial score (nSPS) is 11.8. The second kappa shape index (κ2) is 7.26. The summed E-state index contributed by atoms with van der Waals surface area (Å²) in [6, 6.07) is 21.5. The smallest absolute Gasteiger partial charge is 0.207 e. The van der Waals surface area contributed by atoms with E-state index < -0.39 is 9.84 Å². The monoisotopic (exact) mass is 368 g/mol. The number of sulfone groups is 1. The van der Waals surface area contributed by atoms with Crippen LogP contribution in [0.2, 0.25) is 5.02 Å². The maximum Gasteiger partial charge on any atom is 0.207 e. The van der Waals surface area contributed by atoms with E-state index in [1.165, 1.54) is 6.07 Å². The lowest BCUT2D eigenvalue weighted by Gasteiger charge is -2.09. The van der Waals surface area contributed by atoms with Crippen LogP contribution in [0.1, 0.15) is 16.7 Å². The summed E-state index contributed by atoms with van der Waals surface area (Å²) in [6.45, 7) is 1.92. The first-order chi connectivity index (χ1) is 12.0. The third kappa shape index (κ3) is 4.01. The van der Waals surface area contributed by atoms with Gasteiger partial charge in [-0.3, -0.25) is 0 Å². The summed E-state index contributed by atoms with van der Waals surface area (Å²) in [5.74, 6) is 0. The molecule has 0 saturated heterocycles. The van der Waals surface area contributed by atoms with Crippen molar-refractivity contribution in [1.82, 2.24) is 0 Å². The topological polar surface area (TPSA) is 34.1 Å². The van der Waals surface area contributed by atoms with E-state index in [9.17, 15) is 8.42 Å². The molecule has 3 aromatic rings. The highest BCUT2D eigenvalue weighted by Gasteiger charge is 2.20. The van der Waals surface area contributed by atoms with Gasteiger partial charge in [0.2, 0.25) is 9.84 Å². The summed E-state index contributed by atoms with van der Waals surface area (Å²) < 4.78 is 26.1. The third-order valence-electron chi connectivity index (χ3n) is 3.85. The Hall–Kier alpha value is -2.36. The molecule has 0 N–H and O–H groups in total. The van der Waals surface area contributed by atoms with E-state index in [1.54, 1.807) is 42.5 Å². The van der Waals surface area contributed by atoms with Gasteiger partial charge in [0.1, 0.15) is 0 Å². The lowest BCUT2D eigenvalue weighted by Crippen LogP contribution is -2.04. The lowest BCUT2D eigenvalue weighted by molar-refractivity contribution is 0.596. The van der Waals surface area contributed by atoms with Gasteiger partial charge in [-0.1, -0.05) is 77.8 Å². The highest BCUT2D eigenvalue weighted by molar-refractivity contribution is 7.91. The molecule has 0 aliphatic carbocycles. The first-order valence-corrected chi connectivity index (χ1v) is 9.67. The average molecular weight is 369 g/mol. The molecule has 0 bridgehead atoms.